The highest BCUT2D eigenvalue weighted by atomic mass is 15.2. The molecule has 0 aliphatic rings. The summed E-state index contributed by atoms with van der Waals surface area (Å²) in [5.41, 5.74) is 0.253. The minimum absolute atomic E-state index is 0.253. The molecule has 0 aliphatic heterocycles. The monoisotopic (exact) mass is 214 g/mol. The maximum atomic E-state index is 3.70. The van der Waals surface area contributed by atoms with Gasteiger partial charge < -0.3 is 10.2 Å². The fourth-order valence-electron chi connectivity index (χ4n) is 2.29. The van der Waals surface area contributed by atoms with Crippen molar-refractivity contribution in [3.8, 4) is 0 Å². The van der Waals surface area contributed by atoms with Crippen LogP contribution in [0.2, 0.25) is 0 Å². The maximum absolute atomic E-state index is 3.70. The van der Waals surface area contributed by atoms with E-state index in [-0.39, 0.29) is 5.54 Å². The summed E-state index contributed by atoms with van der Waals surface area (Å²) in [6, 6.07) is 0.567. The third-order valence-corrected chi connectivity index (χ3v) is 3.69. The summed E-state index contributed by atoms with van der Waals surface area (Å²) in [6.45, 7) is 12.6. The maximum Gasteiger partial charge on any atom is 0.0328 e. The Morgan fingerprint density at radius 3 is 2.00 bits per heavy atom. The van der Waals surface area contributed by atoms with Crippen LogP contribution in [0.25, 0.3) is 0 Å². The highest BCUT2D eigenvalue weighted by molar-refractivity contribution is 4.95. The molecule has 0 saturated heterocycles. The van der Waals surface area contributed by atoms with Gasteiger partial charge in [-0.3, -0.25) is 0 Å². The first-order chi connectivity index (χ1) is 6.90. The Kier molecular flexibility index (Phi) is 6.46. The lowest BCUT2D eigenvalue weighted by Crippen LogP contribution is -2.59. The van der Waals surface area contributed by atoms with Gasteiger partial charge in [0.05, 0.1) is 0 Å². The van der Waals surface area contributed by atoms with Crippen LogP contribution >= 0.6 is 0 Å². The van der Waals surface area contributed by atoms with Gasteiger partial charge in [-0.15, -0.1) is 0 Å². The minimum Gasteiger partial charge on any atom is -0.312 e. The van der Waals surface area contributed by atoms with Gasteiger partial charge in [0.15, 0.2) is 0 Å². The molecule has 0 aliphatic carbocycles. The average molecular weight is 214 g/mol. The predicted molar refractivity (Wildman–Crippen MR) is 69.3 cm³/mol. The first kappa shape index (κ1) is 14.9. The van der Waals surface area contributed by atoms with Gasteiger partial charge in [-0.05, 0) is 46.3 Å². The second-order valence-corrected chi connectivity index (χ2v) is 5.28. The van der Waals surface area contributed by atoms with Crippen molar-refractivity contribution in [3.05, 3.63) is 0 Å². The summed E-state index contributed by atoms with van der Waals surface area (Å²) < 4.78 is 0. The van der Waals surface area contributed by atoms with Crippen LogP contribution in [0.5, 0.6) is 0 Å². The molecular weight excluding hydrogens is 184 g/mol. The Hall–Kier alpha value is -0.0800. The van der Waals surface area contributed by atoms with Gasteiger partial charge in [0.25, 0.3) is 0 Å². The van der Waals surface area contributed by atoms with Crippen LogP contribution < -0.4 is 5.32 Å². The lowest BCUT2D eigenvalue weighted by molar-refractivity contribution is 0.0890. The summed E-state index contributed by atoms with van der Waals surface area (Å²) in [7, 11) is 4.37. The molecule has 2 heteroatoms. The summed E-state index contributed by atoms with van der Waals surface area (Å²) in [5.74, 6) is 0.670. The summed E-state index contributed by atoms with van der Waals surface area (Å²) in [5, 5.41) is 3.70. The lowest BCUT2D eigenvalue weighted by Gasteiger charge is -2.45. The number of hydrogen-bond donors (Lipinski definition) is 1. The number of hydrogen-bond acceptors (Lipinski definition) is 2. The molecule has 2 unspecified atom stereocenters. The molecule has 0 fully saturated rings. The van der Waals surface area contributed by atoms with E-state index >= 15 is 0 Å². The minimum atomic E-state index is 0.253. The van der Waals surface area contributed by atoms with E-state index in [1.54, 1.807) is 0 Å². The van der Waals surface area contributed by atoms with E-state index < -0.39 is 0 Å². The second-order valence-electron chi connectivity index (χ2n) is 5.28. The van der Waals surface area contributed by atoms with Gasteiger partial charge in [0.2, 0.25) is 0 Å². The van der Waals surface area contributed by atoms with Crippen molar-refractivity contribution in [2.75, 3.05) is 20.6 Å². The Morgan fingerprint density at radius 1 is 1.20 bits per heavy atom. The van der Waals surface area contributed by atoms with Crippen molar-refractivity contribution >= 4 is 0 Å². The van der Waals surface area contributed by atoms with E-state index in [9.17, 15) is 0 Å². The Labute approximate surface area is 96.4 Å². The lowest BCUT2D eigenvalue weighted by atomic mass is 9.81. The highest BCUT2D eigenvalue weighted by Gasteiger charge is 2.35. The normalized spacial score (nSPS) is 18.2. The molecule has 0 heterocycles. The van der Waals surface area contributed by atoms with Crippen LogP contribution in [0.4, 0.5) is 0 Å². The molecule has 2 atom stereocenters. The largest absolute Gasteiger partial charge is 0.312 e. The van der Waals surface area contributed by atoms with Crippen molar-refractivity contribution in [2.45, 2.75) is 59.0 Å². The van der Waals surface area contributed by atoms with Gasteiger partial charge in [0.1, 0.15) is 0 Å². The van der Waals surface area contributed by atoms with Crippen molar-refractivity contribution in [1.29, 1.82) is 0 Å². The average Bonchev–Trinajstić information content (AvgIpc) is 2.17. The fourth-order valence-corrected chi connectivity index (χ4v) is 2.29. The van der Waals surface area contributed by atoms with E-state index in [0.717, 1.165) is 6.54 Å². The van der Waals surface area contributed by atoms with E-state index in [1.165, 1.54) is 12.8 Å². The molecule has 0 spiro atoms. The zero-order valence-corrected chi connectivity index (χ0v) is 11.7. The van der Waals surface area contributed by atoms with Crippen LogP contribution in [0.15, 0.2) is 0 Å². The SMILES string of the molecule is CCCNC(C(C)C)C(C)(CC)N(C)C. The molecule has 0 amide bonds. The highest BCUT2D eigenvalue weighted by Crippen LogP contribution is 2.25. The third-order valence-electron chi connectivity index (χ3n) is 3.69. The number of likely N-dealkylation sites (N-methyl/N-ethyl adjacent to an activating group) is 1. The molecule has 0 bridgehead atoms. The van der Waals surface area contributed by atoms with Crippen LogP contribution in [0.3, 0.4) is 0 Å². The topological polar surface area (TPSA) is 15.3 Å². The quantitative estimate of drug-likeness (QED) is 0.701. The van der Waals surface area contributed by atoms with Gasteiger partial charge in [0, 0.05) is 11.6 Å². The molecule has 1 N–H and O–H groups in total. The Bertz CT molecular complexity index is 166. The van der Waals surface area contributed by atoms with Gasteiger partial charge in [-0.2, -0.15) is 0 Å². The van der Waals surface area contributed by atoms with Crippen molar-refractivity contribution < 1.29 is 0 Å². The molecule has 0 aromatic carbocycles. The second kappa shape index (κ2) is 6.49. The van der Waals surface area contributed by atoms with Crippen molar-refractivity contribution in [3.63, 3.8) is 0 Å². The van der Waals surface area contributed by atoms with E-state index in [2.05, 4.69) is 58.9 Å². The van der Waals surface area contributed by atoms with E-state index in [1.807, 2.05) is 0 Å². The molecule has 0 saturated carbocycles. The fraction of sp³-hybridized carbons (Fsp3) is 1.00. The van der Waals surface area contributed by atoms with Crippen LogP contribution in [-0.2, 0) is 0 Å². The van der Waals surface area contributed by atoms with Crippen molar-refractivity contribution in [1.82, 2.24) is 10.2 Å². The van der Waals surface area contributed by atoms with Gasteiger partial charge in [-0.1, -0.05) is 27.7 Å². The number of nitrogens with one attached hydrogen (secondary N) is 1. The zero-order chi connectivity index (χ0) is 12.1. The van der Waals surface area contributed by atoms with Crippen LogP contribution in [0, 0.1) is 5.92 Å². The molecule has 0 aromatic rings. The third kappa shape index (κ3) is 3.76. The standard InChI is InChI=1S/C13H30N2/c1-8-10-14-12(11(3)4)13(5,9-2)15(6)7/h11-12,14H,8-10H2,1-7H3. The van der Waals surface area contributed by atoms with Gasteiger partial charge in [-0.25, -0.2) is 0 Å². The van der Waals surface area contributed by atoms with Gasteiger partial charge >= 0.3 is 0 Å². The van der Waals surface area contributed by atoms with Crippen LogP contribution in [-0.4, -0.2) is 37.1 Å². The summed E-state index contributed by atoms with van der Waals surface area (Å²) in [4.78, 5) is 2.36. The molecule has 2 nitrogen and oxygen atoms in total. The summed E-state index contributed by atoms with van der Waals surface area (Å²) >= 11 is 0. The Morgan fingerprint density at radius 2 is 1.73 bits per heavy atom. The first-order valence-electron chi connectivity index (χ1n) is 6.30. The number of rotatable bonds is 7. The predicted octanol–water partition coefficient (Wildman–Crippen LogP) is 2.74. The molecule has 0 radical (unpaired) electrons. The molecule has 92 valence electrons. The smallest absolute Gasteiger partial charge is 0.0328 e. The zero-order valence-electron chi connectivity index (χ0n) is 11.7. The molecule has 15 heavy (non-hydrogen) atoms. The molecular formula is C13H30N2. The number of nitrogens with zero attached hydrogens (tertiary/aromatic N) is 1. The summed E-state index contributed by atoms with van der Waals surface area (Å²) in [6.07, 6.45) is 2.38. The van der Waals surface area contributed by atoms with Crippen molar-refractivity contribution in [2.24, 2.45) is 5.92 Å². The van der Waals surface area contributed by atoms with E-state index in [0.29, 0.717) is 12.0 Å². The molecule has 0 rings (SSSR count). The molecule has 0 aromatic heterocycles. The van der Waals surface area contributed by atoms with Crippen LogP contribution in [0.1, 0.15) is 47.5 Å². The first-order valence-corrected chi connectivity index (χ1v) is 6.30. The van der Waals surface area contributed by atoms with E-state index in [4.69, 9.17) is 0 Å². The Balaban J connectivity index is 4.69.